The highest BCUT2D eigenvalue weighted by Gasteiger charge is 2.06. The van der Waals surface area contributed by atoms with E-state index in [0.717, 1.165) is 5.57 Å². The number of methoxy groups -OCH3 is 1. The predicted molar refractivity (Wildman–Crippen MR) is 44.4 cm³/mol. The maximum atomic E-state index is 10.7. The predicted octanol–water partition coefficient (Wildman–Crippen LogP) is 1.70. The lowest BCUT2D eigenvalue weighted by Crippen LogP contribution is -2.33. The fraction of sp³-hybridized carbons (Fsp3) is 0.625. The van der Waals surface area contributed by atoms with Crippen molar-refractivity contribution >= 4 is 6.09 Å². The summed E-state index contributed by atoms with van der Waals surface area (Å²) in [7, 11) is 1.35. The van der Waals surface area contributed by atoms with Crippen molar-refractivity contribution in [3.63, 3.8) is 0 Å². The van der Waals surface area contributed by atoms with Crippen molar-refractivity contribution in [2.75, 3.05) is 7.11 Å². The Kier molecular flexibility index (Phi) is 4.34. The molecule has 0 aromatic heterocycles. The highest BCUT2D eigenvalue weighted by molar-refractivity contribution is 5.67. The number of ether oxygens (including phenoxy) is 1. The van der Waals surface area contributed by atoms with Gasteiger partial charge in [0.2, 0.25) is 0 Å². The van der Waals surface area contributed by atoms with E-state index < -0.39 is 6.09 Å². The molecular formula is C8H15NO2. The van der Waals surface area contributed by atoms with Gasteiger partial charge in [-0.3, -0.25) is 0 Å². The van der Waals surface area contributed by atoms with Gasteiger partial charge >= 0.3 is 6.09 Å². The average Bonchev–Trinajstić information content (AvgIpc) is 2.02. The zero-order chi connectivity index (χ0) is 8.85. The highest BCUT2D eigenvalue weighted by atomic mass is 16.5. The van der Waals surface area contributed by atoms with E-state index in [1.165, 1.54) is 7.11 Å². The van der Waals surface area contributed by atoms with Gasteiger partial charge in [0.1, 0.15) is 0 Å². The average molecular weight is 157 g/mol. The maximum Gasteiger partial charge on any atom is 0.407 e. The molecule has 0 aromatic carbocycles. The van der Waals surface area contributed by atoms with Gasteiger partial charge in [-0.2, -0.15) is 0 Å². The molecule has 0 bridgehead atoms. The number of carbonyl (C=O) groups excluding carboxylic acids is 1. The summed E-state index contributed by atoms with van der Waals surface area (Å²) < 4.78 is 4.44. The molecular weight excluding hydrogens is 142 g/mol. The van der Waals surface area contributed by atoms with Crippen molar-refractivity contribution in [3.05, 3.63) is 11.6 Å². The van der Waals surface area contributed by atoms with E-state index in [4.69, 9.17) is 0 Å². The van der Waals surface area contributed by atoms with Crippen LogP contribution in [0.4, 0.5) is 4.79 Å². The van der Waals surface area contributed by atoms with Crippen LogP contribution in [0.5, 0.6) is 0 Å². The molecule has 1 atom stereocenters. The SMILES string of the molecule is C/C=C(\C)C(C)NC(=O)OC. The van der Waals surface area contributed by atoms with Crippen LogP contribution in [-0.4, -0.2) is 19.2 Å². The molecule has 0 rings (SSSR count). The van der Waals surface area contributed by atoms with Gasteiger partial charge in [-0.25, -0.2) is 4.79 Å². The fourth-order valence-corrected chi connectivity index (χ4v) is 0.600. The molecule has 1 amide bonds. The van der Waals surface area contributed by atoms with Crippen LogP contribution >= 0.6 is 0 Å². The minimum atomic E-state index is -0.390. The Morgan fingerprint density at radius 1 is 1.64 bits per heavy atom. The third kappa shape index (κ3) is 3.65. The minimum Gasteiger partial charge on any atom is -0.453 e. The lowest BCUT2D eigenvalue weighted by Gasteiger charge is -2.12. The first-order valence-electron chi connectivity index (χ1n) is 3.59. The summed E-state index contributed by atoms with van der Waals surface area (Å²) in [5.41, 5.74) is 1.12. The van der Waals surface area contributed by atoms with Crippen molar-refractivity contribution in [1.29, 1.82) is 0 Å². The molecule has 0 aliphatic rings. The molecule has 0 heterocycles. The maximum absolute atomic E-state index is 10.7. The quantitative estimate of drug-likeness (QED) is 0.619. The molecule has 0 spiro atoms. The van der Waals surface area contributed by atoms with Gasteiger partial charge in [-0.05, 0) is 20.8 Å². The summed E-state index contributed by atoms with van der Waals surface area (Å²) in [4.78, 5) is 10.7. The van der Waals surface area contributed by atoms with Crippen LogP contribution in [0.2, 0.25) is 0 Å². The van der Waals surface area contributed by atoms with Crippen LogP contribution in [0.1, 0.15) is 20.8 Å². The van der Waals surface area contributed by atoms with Crippen molar-refractivity contribution in [3.8, 4) is 0 Å². The number of hydrogen-bond donors (Lipinski definition) is 1. The van der Waals surface area contributed by atoms with E-state index in [1.54, 1.807) is 0 Å². The second-order valence-electron chi connectivity index (χ2n) is 2.39. The van der Waals surface area contributed by atoms with Gasteiger partial charge in [-0.1, -0.05) is 11.6 Å². The Morgan fingerprint density at radius 2 is 2.18 bits per heavy atom. The van der Waals surface area contributed by atoms with Crippen LogP contribution in [0, 0.1) is 0 Å². The summed E-state index contributed by atoms with van der Waals surface area (Å²) in [6.07, 6.45) is 1.57. The van der Waals surface area contributed by atoms with Crippen LogP contribution < -0.4 is 5.32 Å². The number of amides is 1. The first-order valence-corrected chi connectivity index (χ1v) is 3.59. The Morgan fingerprint density at radius 3 is 2.55 bits per heavy atom. The number of carbonyl (C=O) groups is 1. The number of alkyl carbamates (subject to hydrolysis) is 1. The molecule has 0 aromatic rings. The van der Waals surface area contributed by atoms with Crippen molar-refractivity contribution < 1.29 is 9.53 Å². The number of nitrogens with one attached hydrogen (secondary N) is 1. The Bertz CT molecular complexity index is 163. The van der Waals surface area contributed by atoms with Gasteiger partial charge in [0, 0.05) is 0 Å². The summed E-state index contributed by atoms with van der Waals surface area (Å²) in [6, 6.07) is 0.0486. The molecule has 0 radical (unpaired) electrons. The summed E-state index contributed by atoms with van der Waals surface area (Å²) in [6.45, 7) is 5.80. The van der Waals surface area contributed by atoms with Crippen molar-refractivity contribution in [2.24, 2.45) is 0 Å². The third-order valence-electron chi connectivity index (χ3n) is 1.66. The van der Waals surface area contributed by atoms with Crippen LogP contribution in [-0.2, 0) is 4.74 Å². The van der Waals surface area contributed by atoms with E-state index in [9.17, 15) is 4.79 Å². The summed E-state index contributed by atoms with van der Waals surface area (Å²) in [5.74, 6) is 0. The van der Waals surface area contributed by atoms with Crippen LogP contribution in [0.3, 0.4) is 0 Å². The molecule has 0 fully saturated rings. The van der Waals surface area contributed by atoms with Gasteiger partial charge in [0.05, 0.1) is 13.2 Å². The molecule has 3 nitrogen and oxygen atoms in total. The molecule has 64 valence electrons. The topological polar surface area (TPSA) is 38.3 Å². The molecule has 0 saturated heterocycles. The molecule has 3 heteroatoms. The lowest BCUT2D eigenvalue weighted by atomic mass is 10.1. The summed E-state index contributed by atoms with van der Waals surface area (Å²) in [5, 5.41) is 2.65. The first kappa shape index (κ1) is 10.0. The smallest absolute Gasteiger partial charge is 0.407 e. The van der Waals surface area contributed by atoms with Crippen molar-refractivity contribution in [2.45, 2.75) is 26.8 Å². The fourth-order valence-electron chi connectivity index (χ4n) is 0.600. The van der Waals surface area contributed by atoms with E-state index in [0.29, 0.717) is 0 Å². The molecule has 0 saturated carbocycles. The normalized spacial score (nSPS) is 14.0. The van der Waals surface area contributed by atoms with Gasteiger partial charge in [-0.15, -0.1) is 0 Å². The standard InChI is InChI=1S/C8H15NO2/c1-5-6(2)7(3)9-8(10)11-4/h5,7H,1-4H3,(H,9,10)/b6-5+. The molecule has 11 heavy (non-hydrogen) atoms. The number of rotatable bonds is 2. The van der Waals surface area contributed by atoms with E-state index >= 15 is 0 Å². The molecule has 1 unspecified atom stereocenters. The zero-order valence-corrected chi connectivity index (χ0v) is 7.47. The lowest BCUT2D eigenvalue weighted by molar-refractivity contribution is 0.169. The van der Waals surface area contributed by atoms with Crippen LogP contribution in [0.25, 0.3) is 0 Å². The number of allylic oxidation sites excluding steroid dienone is 1. The molecule has 0 aliphatic heterocycles. The second-order valence-corrected chi connectivity index (χ2v) is 2.39. The highest BCUT2D eigenvalue weighted by Crippen LogP contribution is 1.99. The van der Waals surface area contributed by atoms with Crippen LogP contribution in [0.15, 0.2) is 11.6 Å². The van der Waals surface area contributed by atoms with E-state index in [-0.39, 0.29) is 6.04 Å². The second kappa shape index (κ2) is 4.77. The van der Waals surface area contributed by atoms with Gasteiger partial charge < -0.3 is 10.1 Å². The molecule has 1 N–H and O–H groups in total. The Balaban J connectivity index is 3.87. The monoisotopic (exact) mass is 157 g/mol. The molecule has 0 aliphatic carbocycles. The van der Waals surface area contributed by atoms with Gasteiger partial charge in [0.25, 0.3) is 0 Å². The van der Waals surface area contributed by atoms with E-state index in [1.807, 2.05) is 26.8 Å². The minimum absolute atomic E-state index is 0.0486. The number of hydrogen-bond acceptors (Lipinski definition) is 2. The summed E-state index contributed by atoms with van der Waals surface area (Å²) >= 11 is 0. The van der Waals surface area contributed by atoms with Gasteiger partial charge in [0.15, 0.2) is 0 Å². The third-order valence-corrected chi connectivity index (χ3v) is 1.66. The van der Waals surface area contributed by atoms with E-state index in [2.05, 4.69) is 10.1 Å². The Hall–Kier alpha value is -0.990. The van der Waals surface area contributed by atoms with Crippen molar-refractivity contribution in [1.82, 2.24) is 5.32 Å². The zero-order valence-electron chi connectivity index (χ0n) is 7.47. The first-order chi connectivity index (χ1) is 5.11. The largest absolute Gasteiger partial charge is 0.453 e. The Labute approximate surface area is 67.4 Å².